The second kappa shape index (κ2) is 5.03. The molecule has 1 rings (SSSR count). The molecule has 0 radical (unpaired) electrons. The van der Waals surface area contributed by atoms with Crippen LogP contribution < -0.4 is 0 Å². The van der Waals surface area contributed by atoms with Crippen molar-refractivity contribution in [1.29, 1.82) is 0 Å². The van der Waals surface area contributed by atoms with Gasteiger partial charge in [0.1, 0.15) is 17.7 Å². The summed E-state index contributed by atoms with van der Waals surface area (Å²) >= 11 is 0. The Bertz CT molecular complexity index is 394. The number of likely N-dealkylation sites (N-methyl/N-ethyl adjacent to an activating group) is 1. The van der Waals surface area contributed by atoms with Crippen LogP contribution in [0.1, 0.15) is 11.6 Å². The lowest BCUT2D eigenvalue weighted by Crippen LogP contribution is -2.29. The molecule has 1 unspecified atom stereocenters. The van der Waals surface area contributed by atoms with E-state index in [1.54, 1.807) is 14.1 Å². The Balaban J connectivity index is 3.20. The molecule has 0 aromatic heterocycles. The molecular formula is C11H13F2NO2. The molecule has 3 nitrogen and oxygen atoms in total. The van der Waals surface area contributed by atoms with Gasteiger partial charge in [-0.1, -0.05) is 0 Å². The molecule has 1 atom stereocenters. The topological polar surface area (TPSA) is 29.5 Å². The number of esters is 1. The van der Waals surface area contributed by atoms with Crippen LogP contribution in [0, 0.1) is 11.6 Å². The van der Waals surface area contributed by atoms with E-state index in [1.165, 1.54) is 12.0 Å². The molecular weight excluding hydrogens is 216 g/mol. The first-order chi connectivity index (χ1) is 7.47. The molecule has 0 aliphatic carbocycles. The lowest BCUT2D eigenvalue weighted by molar-refractivity contribution is -0.146. The van der Waals surface area contributed by atoms with Crippen molar-refractivity contribution in [1.82, 2.24) is 4.90 Å². The van der Waals surface area contributed by atoms with Crippen molar-refractivity contribution in [3.63, 3.8) is 0 Å². The highest BCUT2D eigenvalue weighted by Gasteiger charge is 2.26. The van der Waals surface area contributed by atoms with Gasteiger partial charge in [0.05, 0.1) is 7.11 Å². The molecule has 0 saturated carbocycles. The van der Waals surface area contributed by atoms with Gasteiger partial charge in [0.15, 0.2) is 0 Å². The monoisotopic (exact) mass is 229 g/mol. The van der Waals surface area contributed by atoms with Gasteiger partial charge in [0, 0.05) is 5.56 Å². The van der Waals surface area contributed by atoms with Crippen molar-refractivity contribution in [2.45, 2.75) is 6.04 Å². The quantitative estimate of drug-likeness (QED) is 0.739. The maximum absolute atomic E-state index is 13.5. The summed E-state index contributed by atoms with van der Waals surface area (Å²) in [4.78, 5) is 12.9. The predicted octanol–water partition coefficient (Wildman–Crippen LogP) is 1.74. The van der Waals surface area contributed by atoms with E-state index in [0.717, 1.165) is 18.2 Å². The zero-order valence-corrected chi connectivity index (χ0v) is 9.33. The summed E-state index contributed by atoms with van der Waals surface area (Å²) in [6.45, 7) is 0. The van der Waals surface area contributed by atoms with Crippen molar-refractivity contribution in [2.75, 3.05) is 21.2 Å². The molecule has 1 aromatic carbocycles. The van der Waals surface area contributed by atoms with Gasteiger partial charge in [-0.25, -0.2) is 13.6 Å². The van der Waals surface area contributed by atoms with Crippen molar-refractivity contribution >= 4 is 5.97 Å². The van der Waals surface area contributed by atoms with Gasteiger partial charge < -0.3 is 4.74 Å². The summed E-state index contributed by atoms with van der Waals surface area (Å²) < 4.78 is 31.0. The van der Waals surface area contributed by atoms with Gasteiger partial charge in [-0.2, -0.15) is 0 Å². The lowest BCUT2D eigenvalue weighted by Gasteiger charge is -2.22. The van der Waals surface area contributed by atoms with Gasteiger partial charge in [-0.3, -0.25) is 4.90 Å². The average Bonchev–Trinajstić information content (AvgIpc) is 2.22. The standard InChI is InChI=1S/C11H13F2NO2/c1-14(2)10(11(15)16-3)8-6-7(12)4-5-9(8)13/h4-6,10H,1-3H3. The van der Waals surface area contributed by atoms with Crippen molar-refractivity contribution < 1.29 is 18.3 Å². The van der Waals surface area contributed by atoms with Crippen molar-refractivity contribution in [3.8, 4) is 0 Å². The number of carbonyl (C=O) groups excluding carboxylic acids is 1. The SMILES string of the molecule is COC(=O)C(c1cc(F)ccc1F)N(C)C. The molecule has 16 heavy (non-hydrogen) atoms. The predicted molar refractivity (Wildman–Crippen MR) is 54.8 cm³/mol. The van der Waals surface area contributed by atoms with Crippen LogP contribution in [0.5, 0.6) is 0 Å². The molecule has 0 amide bonds. The molecule has 1 aromatic rings. The highest BCUT2D eigenvalue weighted by molar-refractivity contribution is 5.77. The molecule has 0 bridgehead atoms. The lowest BCUT2D eigenvalue weighted by atomic mass is 10.1. The summed E-state index contributed by atoms with van der Waals surface area (Å²) in [7, 11) is 4.38. The van der Waals surface area contributed by atoms with Crippen LogP contribution in [0.2, 0.25) is 0 Å². The van der Waals surface area contributed by atoms with Crippen LogP contribution in [0.4, 0.5) is 8.78 Å². The highest BCUT2D eigenvalue weighted by atomic mass is 19.1. The molecule has 0 fully saturated rings. The fourth-order valence-electron chi connectivity index (χ4n) is 1.45. The van der Waals surface area contributed by atoms with Gasteiger partial charge in [0.25, 0.3) is 0 Å². The number of hydrogen-bond acceptors (Lipinski definition) is 3. The number of methoxy groups -OCH3 is 1. The number of carbonyl (C=O) groups is 1. The zero-order valence-electron chi connectivity index (χ0n) is 9.33. The average molecular weight is 229 g/mol. The smallest absolute Gasteiger partial charge is 0.327 e. The van der Waals surface area contributed by atoms with Crippen LogP contribution >= 0.6 is 0 Å². The fourth-order valence-corrected chi connectivity index (χ4v) is 1.45. The molecule has 0 heterocycles. The van der Waals surface area contributed by atoms with Crippen LogP contribution in [-0.4, -0.2) is 32.1 Å². The van der Waals surface area contributed by atoms with E-state index in [2.05, 4.69) is 4.74 Å². The van der Waals surface area contributed by atoms with E-state index < -0.39 is 23.6 Å². The zero-order chi connectivity index (χ0) is 12.3. The number of rotatable bonds is 3. The Morgan fingerprint density at radius 1 is 1.38 bits per heavy atom. The minimum Gasteiger partial charge on any atom is -0.468 e. The number of ether oxygens (including phenoxy) is 1. The minimum atomic E-state index is -0.944. The van der Waals surface area contributed by atoms with E-state index >= 15 is 0 Å². The van der Waals surface area contributed by atoms with E-state index in [-0.39, 0.29) is 5.56 Å². The third-order valence-corrected chi connectivity index (χ3v) is 2.19. The maximum Gasteiger partial charge on any atom is 0.327 e. The first-order valence-corrected chi connectivity index (χ1v) is 4.66. The van der Waals surface area contributed by atoms with Gasteiger partial charge in [-0.05, 0) is 32.3 Å². The Hall–Kier alpha value is -1.49. The van der Waals surface area contributed by atoms with Crippen LogP contribution in [-0.2, 0) is 9.53 Å². The van der Waals surface area contributed by atoms with Gasteiger partial charge >= 0.3 is 5.97 Å². The molecule has 0 aliphatic rings. The molecule has 5 heteroatoms. The van der Waals surface area contributed by atoms with Crippen LogP contribution in [0.3, 0.4) is 0 Å². The highest BCUT2D eigenvalue weighted by Crippen LogP contribution is 2.23. The van der Waals surface area contributed by atoms with E-state index in [0.29, 0.717) is 0 Å². The number of halogens is 2. The third kappa shape index (κ3) is 2.55. The summed E-state index contributed by atoms with van der Waals surface area (Å²) in [5.41, 5.74) is -0.0307. The van der Waals surface area contributed by atoms with Crippen LogP contribution in [0.25, 0.3) is 0 Å². The second-order valence-corrected chi connectivity index (χ2v) is 3.56. The summed E-state index contributed by atoms with van der Waals surface area (Å²) in [6, 6.07) is 2.05. The third-order valence-electron chi connectivity index (χ3n) is 2.19. The molecule has 0 spiro atoms. The summed E-state index contributed by atoms with van der Waals surface area (Å²) in [5.74, 6) is -1.85. The summed E-state index contributed by atoms with van der Waals surface area (Å²) in [5, 5.41) is 0. The minimum absolute atomic E-state index is 0.0307. The molecule has 0 saturated heterocycles. The molecule has 88 valence electrons. The normalized spacial score (nSPS) is 12.6. The Labute approximate surface area is 92.6 Å². The van der Waals surface area contributed by atoms with Gasteiger partial charge in [-0.15, -0.1) is 0 Å². The van der Waals surface area contributed by atoms with E-state index in [1.807, 2.05) is 0 Å². The fraction of sp³-hybridized carbons (Fsp3) is 0.364. The Morgan fingerprint density at radius 2 is 2.00 bits per heavy atom. The molecule has 0 aliphatic heterocycles. The van der Waals surface area contributed by atoms with E-state index in [4.69, 9.17) is 0 Å². The first-order valence-electron chi connectivity index (χ1n) is 4.66. The van der Waals surface area contributed by atoms with E-state index in [9.17, 15) is 13.6 Å². The number of nitrogens with zero attached hydrogens (tertiary/aromatic N) is 1. The van der Waals surface area contributed by atoms with Crippen LogP contribution in [0.15, 0.2) is 18.2 Å². The molecule has 0 N–H and O–H groups in total. The summed E-state index contributed by atoms with van der Waals surface area (Å²) in [6.07, 6.45) is 0. The van der Waals surface area contributed by atoms with Gasteiger partial charge in [0.2, 0.25) is 0 Å². The number of hydrogen-bond donors (Lipinski definition) is 0. The maximum atomic E-state index is 13.5. The first kappa shape index (κ1) is 12.6. The number of benzene rings is 1. The van der Waals surface area contributed by atoms with Crippen molar-refractivity contribution in [3.05, 3.63) is 35.4 Å². The Kier molecular flexibility index (Phi) is 3.95. The second-order valence-electron chi connectivity index (χ2n) is 3.56. The van der Waals surface area contributed by atoms with Crippen molar-refractivity contribution in [2.24, 2.45) is 0 Å². The largest absolute Gasteiger partial charge is 0.468 e. The Morgan fingerprint density at radius 3 is 2.50 bits per heavy atom.